The second kappa shape index (κ2) is 7.09. The Balaban J connectivity index is 1.93. The summed E-state index contributed by atoms with van der Waals surface area (Å²) < 4.78 is 19.0. The van der Waals surface area contributed by atoms with Crippen molar-refractivity contribution in [2.45, 2.75) is 57.7 Å². The molecular formula is C22H26FNO2. The molecule has 2 aliphatic rings. The number of nitrogens with zero attached hydrogens (tertiary/aromatic N) is 1. The highest BCUT2D eigenvalue weighted by Crippen LogP contribution is 2.48. The van der Waals surface area contributed by atoms with Crippen LogP contribution in [0.4, 0.5) is 4.39 Å². The number of rotatable bonds is 6. The Kier molecular flexibility index (Phi) is 4.80. The zero-order valence-electron chi connectivity index (χ0n) is 15.5. The highest BCUT2D eigenvalue weighted by molar-refractivity contribution is 5.73. The quantitative estimate of drug-likeness (QED) is 0.800. The maximum absolute atomic E-state index is 13.5. The van der Waals surface area contributed by atoms with E-state index in [1.54, 1.807) is 19.2 Å². The number of pyridine rings is 1. The molecule has 1 N–H and O–H groups in total. The summed E-state index contributed by atoms with van der Waals surface area (Å²) in [6, 6.07) is 6.56. The van der Waals surface area contributed by atoms with Gasteiger partial charge in [0, 0.05) is 41.5 Å². The van der Waals surface area contributed by atoms with E-state index in [9.17, 15) is 9.50 Å². The fourth-order valence-electron chi connectivity index (χ4n) is 4.28. The molecule has 4 heteroatoms. The van der Waals surface area contributed by atoms with Crippen molar-refractivity contribution in [3.63, 3.8) is 0 Å². The zero-order valence-corrected chi connectivity index (χ0v) is 15.5. The lowest BCUT2D eigenvalue weighted by Crippen LogP contribution is -2.23. The molecule has 0 aliphatic heterocycles. The Morgan fingerprint density at radius 1 is 1.08 bits per heavy atom. The summed E-state index contributed by atoms with van der Waals surface area (Å²) in [4.78, 5) is 5.07. The van der Waals surface area contributed by atoms with Crippen molar-refractivity contribution in [3.05, 3.63) is 52.6 Å². The van der Waals surface area contributed by atoms with E-state index in [2.05, 4.69) is 6.92 Å². The Bertz CT molecular complexity index is 793. The van der Waals surface area contributed by atoms with Crippen LogP contribution in [0.15, 0.2) is 24.3 Å². The van der Waals surface area contributed by atoms with Crippen LogP contribution in [0, 0.1) is 11.7 Å². The Morgan fingerprint density at radius 3 is 2.27 bits per heavy atom. The number of benzene rings is 1. The van der Waals surface area contributed by atoms with Gasteiger partial charge in [0.15, 0.2) is 0 Å². The van der Waals surface area contributed by atoms with E-state index in [0.29, 0.717) is 18.4 Å². The van der Waals surface area contributed by atoms with Crippen LogP contribution in [-0.2, 0) is 18.0 Å². The molecule has 2 fully saturated rings. The SMILES string of the molecule is COCc1c(C2CC(C)C2)nc(C2CC2)c(CO)c1-c1ccc(F)cc1. The van der Waals surface area contributed by atoms with Crippen LogP contribution in [0.5, 0.6) is 0 Å². The zero-order chi connectivity index (χ0) is 18.3. The highest BCUT2D eigenvalue weighted by atomic mass is 19.1. The van der Waals surface area contributed by atoms with Gasteiger partial charge >= 0.3 is 0 Å². The second-order valence-electron chi connectivity index (χ2n) is 7.86. The molecule has 2 saturated carbocycles. The molecule has 0 atom stereocenters. The molecule has 0 spiro atoms. The molecule has 0 bridgehead atoms. The first-order valence-corrected chi connectivity index (χ1v) is 9.53. The van der Waals surface area contributed by atoms with Gasteiger partial charge in [-0.05, 0) is 54.9 Å². The molecule has 2 aliphatic carbocycles. The third-order valence-electron chi connectivity index (χ3n) is 5.77. The summed E-state index contributed by atoms with van der Waals surface area (Å²) in [6.07, 6.45) is 4.56. The van der Waals surface area contributed by atoms with Gasteiger partial charge in [-0.15, -0.1) is 0 Å². The first-order chi connectivity index (χ1) is 12.6. The Hall–Kier alpha value is -1.78. The van der Waals surface area contributed by atoms with Crippen molar-refractivity contribution in [2.75, 3.05) is 7.11 Å². The van der Waals surface area contributed by atoms with Crippen molar-refractivity contribution in [1.29, 1.82) is 0 Å². The number of methoxy groups -OCH3 is 1. The largest absolute Gasteiger partial charge is 0.392 e. The van der Waals surface area contributed by atoms with Crippen molar-refractivity contribution in [3.8, 4) is 11.1 Å². The van der Waals surface area contributed by atoms with E-state index in [-0.39, 0.29) is 12.4 Å². The van der Waals surface area contributed by atoms with Gasteiger partial charge in [0.2, 0.25) is 0 Å². The molecule has 138 valence electrons. The Labute approximate surface area is 154 Å². The molecule has 1 heterocycles. The third kappa shape index (κ3) is 3.17. The minimum Gasteiger partial charge on any atom is -0.392 e. The molecule has 1 aromatic heterocycles. The number of aliphatic hydroxyl groups is 1. The summed E-state index contributed by atoms with van der Waals surface area (Å²) in [7, 11) is 1.69. The van der Waals surface area contributed by atoms with Gasteiger partial charge in [-0.1, -0.05) is 19.1 Å². The molecule has 0 radical (unpaired) electrons. The topological polar surface area (TPSA) is 42.4 Å². The smallest absolute Gasteiger partial charge is 0.123 e. The van der Waals surface area contributed by atoms with E-state index >= 15 is 0 Å². The fraction of sp³-hybridized carbons (Fsp3) is 0.500. The molecular weight excluding hydrogens is 329 g/mol. The van der Waals surface area contributed by atoms with Crippen molar-refractivity contribution in [2.24, 2.45) is 5.92 Å². The maximum atomic E-state index is 13.5. The maximum Gasteiger partial charge on any atom is 0.123 e. The van der Waals surface area contributed by atoms with E-state index in [1.807, 2.05) is 0 Å². The lowest BCUT2D eigenvalue weighted by Gasteiger charge is -2.35. The van der Waals surface area contributed by atoms with Crippen molar-refractivity contribution >= 4 is 0 Å². The monoisotopic (exact) mass is 355 g/mol. The average molecular weight is 355 g/mol. The van der Waals surface area contributed by atoms with E-state index in [0.717, 1.165) is 65.2 Å². The summed E-state index contributed by atoms with van der Waals surface area (Å²) in [6.45, 7) is 2.68. The number of ether oxygens (including phenoxy) is 1. The number of aromatic nitrogens is 1. The number of halogens is 1. The minimum absolute atomic E-state index is 0.0520. The summed E-state index contributed by atoms with van der Waals surface area (Å²) >= 11 is 0. The second-order valence-corrected chi connectivity index (χ2v) is 7.86. The number of hydrogen-bond acceptors (Lipinski definition) is 3. The van der Waals surface area contributed by atoms with Crippen LogP contribution >= 0.6 is 0 Å². The number of hydrogen-bond donors (Lipinski definition) is 1. The molecule has 3 nitrogen and oxygen atoms in total. The van der Waals surface area contributed by atoms with Gasteiger partial charge < -0.3 is 9.84 Å². The fourth-order valence-corrected chi connectivity index (χ4v) is 4.28. The first kappa shape index (κ1) is 17.6. The van der Waals surface area contributed by atoms with Crippen molar-refractivity contribution in [1.82, 2.24) is 4.98 Å². The lowest BCUT2D eigenvalue weighted by molar-refractivity contribution is 0.180. The molecule has 0 unspecified atom stereocenters. The minimum atomic E-state index is -0.253. The Morgan fingerprint density at radius 2 is 1.73 bits per heavy atom. The summed E-state index contributed by atoms with van der Waals surface area (Å²) in [5.74, 6) is 1.38. The van der Waals surface area contributed by atoms with Gasteiger partial charge in [0.25, 0.3) is 0 Å². The van der Waals surface area contributed by atoms with Gasteiger partial charge in [0.1, 0.15) is 5.82 Å². The van der Waals surface area contributed by atoms with Crippen LogP contribution in [0.2, 0.25) is 0 Å². The molecule has 1 aromatic carbocycles. The average Bonchev–Trinajstić information content (AvgIpc) is 3.45. The predicted molar refractivity (Wildman–Crippen MR) is 99.4 cm³/mol. The predicted octanol–water partition coefficient (Wildman–Crippen LogP) is 4.92. The first-order valence-electron chi connectivity index (χ1n) is 9.53. The lowest BCUT2D eigenvalue weighted by atomic mass is 9.72. The molecule has 4 rings (SSSR count). The molecule has 0 saturated heterocycles. The van der Waals surface area contributed by atoms with Gasteiger partial charge in [-0.25, -0.2) is 4.39 Å². The number of aliphatic hydroxyl groups excluding tert-OH is 1. The van der Waals surface area contributed by atoms with Gasteiger partial charge in [-0.3, -0.25) is 4.98 Å². The normalized spacial score (nSPS) is 22.3. The van der Waals surface area contributed by atoms with Crippen LogP contribution < -0.4 is 0 Å². The van der Waals surface area contributed by atoms with E-state index in [4.69, 9.17) is 9.72 Å². The molecule has 2 aromatic rings. The van der Waals surface area contributed by atoms with Crippen LogP contribution in [0.3, 0.4) is 0 Å². The van der Waals surface area contributed by atoms with Crippen molar-refractivity contribution < 1.29 is 14.2 Å². The standard InChI is InChI=1S/C22H26FNO2/c1-13-9-16(10-13)22-19(12-26-2)20(14-5-7-17(23)8-6-14)18(11-25)21(24-22)15-3-4-15/h5-8,13,15-16,25H,3-4,9-12H2,1-2H3. The third-order valence-corrected chi connectivity index (χ3v) is 5.77. The van der Waals surface area contributed by atoms with E-state index in [1.165, 1.54) is 12.1 Å². The summed E-state index contributed by atoms with van der Waals surface area (Å²) in [5.41, 5.74) is 6.05. The summed E-state index contributed by atoms with van der Waals surface area (Å²) in [5, 5.41) is 10.2. The highest BCUT2D eigenvalue weighted by Gasteiger charge is 2.35. The van der Waals surface area contributed by atoms with Gasteiger partial charge in [0.05, 0.1) is 13.2 Å². The van der Waals surface area contributed by atoms with Crippen LogP contribution in [0.25, 0.3) is 11.1 Å². The van der Waals surface area contributed by atoms with Crippen LogP contribution in [-0.4, -0.2) is 17.2 Å². The van der Waals surface area contributed by atoms with E-state index < -0.39 is 0 Å². The molecule has 26 heavy (non-hydrogen) atoms. The van der Waals surface area contributed by atoms with Crippen LogP contribution in [0.1, 0.15) is 67.0 Å². The van der Waals surface area contributed by atoms with Gasteiger partial charge in [-0.2, -0.15) is 0 Å². The molecule has 0 amide bonds.